The number of hydrogen-bond acceptors (Lipinski definition) is 9. The Bertz CT molecular complexity index is 1960. The van der Waals surface area contributed by atoms with Crippen LogP contribution in [0.4, 0.5) is 0 Å². The van der Waals surface area contributed by atoms with E-state index in [2.05, 4.69) is 21.0 Å². The van der Waals surface area contributed by atoms with Crippen molar-refractivity contribution in [2.24, 2.45) is 5.92 Å². The first-order valence-corrected chi connectivity index (χ1v) is 18.8. The van der Waals surface area contributed by atoms with Crippen molar-refractivity contribution in [2.45, 2.75) is 57.3 Å². The molecule has 1 fully saturated rings. The molecule has 296 valence electrons. The largest absolute Gasteiger partial charge is 0.484 e. The highest BCUT2D eigenvalue weighted by molar-refractivity contribution is 5.94. The number of ether oxygens (including phenoxy) is 2. The average molecular weight is 768 g/mol. The number of aromatic nitrogens is 2. The first-order valence-electron chi connectivity index (χ1n) is 18.8. The van der Waals surface area contributed by atoms with E-state index in [1.807, 2.05) is 50.2 Å². The second kappa shape index (κ2) is 18.6. The molecular formula is C41H49N7O8. The Hall–Kier alpha value is -5.96. The lowest BCUT2D eigenvalue weighted by molar-refractivity contribution is -0.141. The van der Waals surface area contributed by atoms with Crippen molar-refractivity contribution in [3.05, 3.63) is 108 Å². The monoisotopic (exact) mass is 767 g/mol. The first-order chi connectivity index (χ1) is 27.1. The molecule has 15 heteroatoms. The van der Waals surface area contributed by atoms with Crippen LogP contribution in [-0.4, -0.2) is 114 Å². The molecule has 0 spiro atoms. The van der Waals surface area contributed by atoms with E-state index in [1.165, 1.54) is 12.0 Å². The van der Waals surface area contributed by atoms with Crippen LogP contribution < -0.4 is 20.7 Å². The maximum atomic E-state index is 14.3. The smallest absolute Gasteiger partial charge is 0.289 e. The van der Waals surface area contributed by atoms with Gasteiger partial charge in [-0.25, -0.2) is 0 Å². The second-order valence-corrected chi connectivity index (χ2v) is 14.6. The van der Waals surface area contributed by atoms with Crippen LogP contribution in [0.25, 0.3) is 0 Å². The second-order valence-electron chi connectivity index (χ2n) is 14.6. The van der Waals surface area contributed by atoms with Crippen molar-refractivity contribution in [1.82, 2.24) is 35.5 Å². The summed E-state index contributed by atoms with van der Waals surface area (Å²) in [7, 11) is 1.49. The third kappa shape index (κ3) is 10.4. The van der Waals surface area contributed by atoms with Gasteiger partial charge in [0.1, 0.15) is 23.6 Å². The zero-order valence-electron chi connectivity index (χ0n) is 31.9. The standard InChI is InChI=1S/C41H49N7O8/c1-27(2)19-34-40(52)46(17-18-54-3)25-37(49)43-33(20-28-9-5-4-6-10-28)39(51)45-35-24-47(41(53)36-14-13-31(56-36)22-48-16-8-15-42-48)23-32(35)29-11-7-12-30(21-29)55-26-38(50)44-34/h4-16,21,27,32-35H,17-20,22-26H2,1-3H3,(H,43,49)(H,44,50)(H,45,51)/t32-,33-,34+,35+/m0/s1. The van der Waals surface area contributed by atoms with Gasteiger partial charge in [-0.3, -0.25) is 28.7 Å². The van der Waals surface area contributed by atoms with Gasteiger partial charge in [0.2, 0.25) is 17.7 Å². The summed E-state index contributed by atoms with van der Waals surface area (Å²) in [5.74, 6) is -1.50. The molecule has 2 aliphatic rings. The highest BCUT2D eigenvalue weighted by Crippen LogP contribution is 2.31. The number of carbonyl (C=O) groups is 5. The number of amides is 5. The summed E-state index contributed by atoms with van der Waals surface area (Å²) in [6, 6.07) is 19.1. The van der Waals surface area contributed by atoms with Gasteiger partial charge < -0.3 is 39.6 Å². The van der Waals surface area contributed by atoms with Crippen molar-refractivity contribution < 1.29 is 37.9 Å². The summed E-state index contributed by atoms with van der Waals surface area (Å²) >= 11 is 0. The van der Waals surface area contributed by atoms with Gasteiger partial charge in [-0.1, -0.05) is 56.3 Å². The fourth-order valence-electron chi connectivity index (χ4n) is 7.10. The Labute approximate surface area is 325 Å². The summed E-state index contributed by atoms with van der Waals surface area (Å²) in [4.78, 5) is 72.2. The van der Waals surface area contributed by atoms with E-state index in [9.17, 15) is 24.0 Å². The average Bonchev–Trinajstić information content (AvgIpc) is 3.97. The van der Waals surface area contributed by atoms with E-state index < -0.39 is 41.8 Å². The molecule has 3 N–H and O–H groups in total. The van der Waals surface area contributed by atoms with Gasteiger partial charge >= 0.3 is 0 Å². The summed E-state index contributed by atoms with van der Waals surface area (Å²) in [5, 5.41) is 13.0. The molecule has 6 rings (SSSR count). The molecule has 4 heterocycles. The van der Waals surface area contributed by atoms with Gasteiger partial charge in [0.25, 0.3) is 11.8 Å². The lowest BCUT2D eigenvalue weighted by Crippen LogP contribution is -2.56. The van der Waals surface area contributed by atoms with Crippen molar-refractivity contribution in [1.29, 1.82) is 0 Å². The molecule has 0 aliphatic carbocycles. The molecule has 56 heavy (non-hydrogen) atoms. The Balaban J connectivity index is 1.31. The molecule has 1 saturated heterocycles. The fraction of sp³-hybridized carbons (Fsp3) is 0.415. The number of nitrogens with one attached hydrogen (secondary N) is 3. The van der Waals surface area contributed by atoms with Crippen LogP contribution in [0.15, 0.2) is 89.6 Å². The number of methoxy groups -OCH3 is 1. The number of furan rings is 1. The molecule has 2 aromatic heterocycles. The molecule has 2 aliphatic heterocycles. The van der Waals surface area contributed by atoms with Crippen LogP contribution in [0.1, 0.15) is 53.6 Å². The highest BCUT2D eigenvalue weighted by atomic mass is 16.5. The number of fused-ring (bicyclic) bond motifs is 4. The van der Waals surface area contributed by atoms with E-state index in [-0.39, 0.29) is 69.3 Å². The van der Waals surface area contributed by atoms with Crippen LogP contribution in [0.3, 0.4) is 0 Å². The lowest BCUT2D eigenvalue weighted by Gasteiger charge is -2.29. The van der Waals surface area contributed by atoms with Crippen LogP contribution in [-0.2, 0) is 36.9 Å². The highest BCUT2D eigenvalue weighted by Gasteiger charge is 2.40. The minimum Gasteiger partial charge on any atom is -0.484 e. The Morgan fingerprint density at radius 2 is 1.73 bits per heavy atom. The van der Waals surface area contributed by atoms with E-state index in [0.29, 0.717) is 24.5 Å². The fourth-order valence-corrected chi connectivity index (χ4v) is 7.10. The zero-order valence-corrected chi connectivity index (χ0v) is 31.9. The topological polar surface area (TPSA) is 177 Å². The van der Waals surface area contributed by atoms with Gasteiger partial charge in [0.15, 0.2) is 12.4 Å². The number of hydrogen-bond donors (Lipinski definition) is 3. The molecule has 2 aromatic carbocycles. The zero-order chi connectivity index (χ0) is 39.6. The number of likely N-dealkylation sites (tertiary alicyclic amines) is 1. The predicted molar refractivity (Wildman–Crippen MR) is 204 cm³/mol. The Morgan fingerprint density at radius 1 is 0.929 bits per heavy atom. The predicted octanol–water partition coefficient (Wildman–Crippen LogP) is 2.37. The van der Waals surface area contributed by atoms with Gasteiger partial charge in [0, 0.05) is 51.5 Å². The van der Waals surface area contributed by atoms with E-state index >= 15 is 0 Å². The summed E-state index contributed by atoms with van der Waals surface area (Å²) in [6.07, 6.45) is 3.96. The minimum absolute atomic E-state index is 0.0412. The van der Waals surface area contributed by atoms with Crippen LogP contribution in [0.2, 0.25) is 0 Å². The van der Waals surface area contributed by atoms with Crippen molar-refractivity contribution in [2.75, 3.05) is 46.5 Å². The lowest BCUT2D eigenvalue weighted by atomic mass is 9.93. The first kappa shape index (κ1) is 39.7. The summed E-state index contributed by atoms with van der Waals surface area (Å²) in [6.45, 7) is 4.13. The van der Waals surface area contributed by atoms with Crippen LogP contribution in [0.5, 0.6) is 5.75 Å². The minimum atomic E-state index is -1.02. The SMILES string of the molecule is COCCN1CC(=O)N[C@@H](Cc2ccccc2)C(=O)N[C@@H]2CN(C(=O)c3ccc(Cn4cccn4)o3)C[C@H]2c2cccc(c2)OCC(=O)N[C@H](CC(C)C)C1=O. The molecule has 0 radical (unpaired) electrons. The molecule has 5 amide bonds. The summed E-state index contributed by atoms with van der Waals surface area (Å²) < 4.78 is 18.8. The molecule has 4 aromatic rings. The maximum absolute atomic E-state index is 14.3. The molecule has 15 nitrogen and oxygen atoms in total. The Morgan fingerprint density at radius 3 is 2.48 bits per heavy atom. The van der Waals surface area contributed by atoms with Crippen LogP contribution >= 0.6 is 0 Å². The van der Waals surface area contributed by atoms with Crippen LogP contribution in [0, 0.1) is 5.92 Å². The number of nitrogens with zero attached hydrogens (tertiary/aromatic N) is 4. The van der Waals surface area contributed by atoms with E-state index in [4.69, 9.17) is 13.9 Å². The quantitative estimate of drug-likeness (QED) is 0.219. The molecule has 0 unspecified atom stereocenters. The number of rotatable bonds is 10. The molecule has 0 saturated carbocycles. The third-order valence-corrected chi connectivity index (χ3v) is 9.83. The molecular weight excluding hydrogens is 718 g/mol. The van der Waals surface area contributed by atoms with E-state index in [0.717, 1.165) is 11.1 Å². The van der Waals surface area contributed by atoms with Crippen molar-refractivity contribution >= 4 is 29.5 Å². The maximum Gasteiger partial charge on any atom is 0.289 e. The van der Waals surface area contributed by atoms with Crippen molar-refractivity contribution in [3.8, 4) is 5.75 Å². The Kier molecular flexibility index (Phi) is 13.2. The molecule has 4 atom stereocenters. The van der Waals surface area contributed by atoms with E-state index in [1.54, 1.807) is 58.4 Å². The molecule has 2 bridgehead atoms. The van der Waals surface area contributed by atoms with Gasteiger partial charge in [0.05, 0.1) is 25.7 Å². The number of benzene rings is 2. The van der Waals surface area contributed by atoms with Gasteiger partial charge in [-0.05, 0) is 53.8 Å². The normalized spacial score (nSPS) is 21.1. The third-order valence-electron chi connectivity index (χ3n) is 9.83. The van der Waals surface area contributed by atoms with Gasteiger partial charge in [-0.15, -0.1) is 0 Å². The number of carbonyl (C=O) groups excluding carboxylic acids is 5. The summed E-state index contributed by atoms with van der Waals surface area (Å²) in [5.41, 5.74) is 1.59. The van der Waals surface area contributed by atoms with Gasteiger partial charge in [-0.2, -0.15) is 5.10 Å². The van der Waals surface area contributed by atoms with Crippen molar-refractivity contribution in [3.63, 3.8) is 0 Å².